The molecule has 0 unspecified atom stereocenters. The van der Waals surface area contributed by atoms with Crippen LogP contribution in [0.1, 0.15) is 40.2 Å². The molecule has 0 fully saturated rings. The van der Waals surface area contributed by atoms with Crippen LogP contribution in [0.5, 0.6) is 0 Å². The Labute approximate surface area is 106 Å². The smallest absolute Gasteiger partial charge is 0.0187 e. The van der Waals surface area contributed by atoms with Crippen molar-refractivity contribution in [1.82, 2.24) is 0 Å². The minimum absolute atomic E-state index is 1.09. The molecule has 0 aliphatic carbocycles. The summed E-state index contributed by atoms with van der Waals surface area (Å²) in [7, 11) is 0. The van der Waals surface area contributed by atoms with E-state index in [4.69, 9.17) is 0 Å². The largest absolute Gasteiger partial charge is 0.0909 e. The number of benzene rings is 1. The van der Waals surface area contributed by atoms with Gasteiger partial charge in [-0.1, -0.05) is 68.5 Å². The molecule has 0 bridgehead atoms. The van der Waals surface area contributed by atoms with Crippen LogP contribution in [-0.4, -0.2) is 0 Å². The number of hydrogen-bond acceptors (Lipinski definition) is 0. The number of rotatable bonds is 3. The number of hydrogen-bond donors (Lipinski definition) is 0. The molecule has 0 nitrogen and oxygen atoms in total. The van der Waals surface area contributed by atoms with E-state index in [1.54, 1.807) is 0 Å². The second-order valence-electron chi connectivity index (χ2n) is 3.94. The van der Waals surface area contributed by atoms with Gasteiger partial charge in [-0.25, -0.2) is 0 Å². The van der Waals surface area contributed by atoms with Gasteiger partial charge in [0.2, 0.25) is 0 Å². The van der Waals surface area contributed by atoms with Crippen LogP contribution in [0.15, 0.2) is 60.2 Å². The summed E-state index contributed by atoms with van der Waals surface area (Å²) in [4.78, 5) is 0. The SMILES string of the molecule is C=C(/C(C)=C/C=C(C)C)c1ccccc1.CC. The van der Waals surface area contributed by atoms with Gasteiger partial charge in [-0.15, -0.1) is 0 Å². The van der Waals surface area contributed by atoms with Gasteiger partial charge in [-0.2, -0.15) is 0 Å². The van der Waals surface area contributed by atoms with Crippen molar-refractivity contribution in [1.29, 1.82) is 0 Å². The summed E-state index contributed by atoms with van der Waals surface area (Å²) in [6, 6.07) is 10.3. The molecule has 0 saturated heterocycles. The highest BCUT2D eigenvalue weighted by atomic mass is 14.0. The highest BCUT2D eigenvalue weighted by Gasteiger charge is 1.98. The topological polar surface area (TPSA) is 0 Å². The summed E-state index contributed by atoms with van der Waals surface area (Å²) in [6.45, 7) is 14.4. The third-order valence-corrected chi connectivity index (χ3v) is 2.26. The normalized spacial score (nSPS) is 10.1. The van der Waals surface area contributed by atoms with Crippen LogP contribution < -0.4 is 0 Å². The van der Waals surface area contributed by atoms with Gasteiger partial charge in [0, 0.05) is 0 Å². The Morgan fingerprint density at radius 3 is 1.94 bits per heavy atom. The van der Waals surface area contributed by atoms with Crippen molar-refractivity contribution in [3.63, 3.8) is 0 Å². The minimum Gasteiger partial charge on any atom is -0.0909 e. The van der Waals surface area contributed by atoms with E-state index in [0.29, 0.717) is 0 Å². The van der Waals surface area contributed by atoms with E-state index in [9.17, 15) is 0 Å². The molecule has 1 rings (SSSR count). The van der Waals surface area contributed by atoms with E-state index in [1.165, 1.54) is 16.7 Å². The van der Waals surface area contributed by atoms with Crippen molar-refractivity contribution in [3.8, 4) is 0 Å². The van der Waals surface area contributed by atoms with Gasteiger partial charge in [0.15, 0.2) is 0 Å². The quantitative estimate of drug-likeness (QED) is 0.587. The van der Waals surface area contributed by atoms with E-state index in [-0.39, 0.29) is 0 Å². The number of allylic oxidation sites excluding steroid dienone is 5. The molecule has 0 spiro atoms. The first kappa shape index (κ1) is 15.4. The summed E-state index contributed by atoms with van der Waals surface area (Å²) >= 11 is 0. The Hall–Kier alpha value is -1.56. The lowest BCUT2D eigenvalue weighted by Crippen LogP contribution is -1.83. The fourth-order valence-electron chi connectivity index (χ4n) is 1.26. The van der Waals surface area contributed by atoms with Crippen molar-refractivity contribution in [3.05, 3.63) is 65.8 Å². The van der Waals surface area contributed by atoms with Gasteiger partial charge >= 0.3 is 0 Å². The predicted octanol–water partition coefficient (Wildman–Crippen LogP) is 5.64. The second kappa shape index (κ2) is 8.58. The highest BCUT2D eigenvalue weighted by Crippen LogP contribution is 2.20. The van der Waals surface area contributed by atoms with Gasteiger partial charge < -0.3 is 0 Å². The zero-order valence-corrected chi connectivity index (χ0v) is 11.7. The first-order valence-corrected chi connectivity index (χ1v) is 6.17. The molecule has 17 heavy (non-hydrogen) atoms. The zero-order valence-electron chi connectivity index (χ0n) is 11.7. The van der Waals surface area contributed by atoms with Crippen molar-refractivity contribution < 1.29 is 0 Å². The Morgan fingerprint density at radius 2 is 1.47 bits per heavy atom. The lowest BCUT2D eigenvalue weighted by molar-refractivity contribution is 1.38. The molecular weight excluding hydrogens is 204 g/mol. The predicted molar refractivity (Wildman–Crippen MR) is 80.0 cm³/mol. The first-order chi connectivity index (χ1) is 8.11. The molecule has 92 valence electrons. The van der Waals surface area contributed by atoms with Crippen LogP contribution >= 0.6 is 0 Å². The second-order valence-corrected chi connectivity index (χ2v) is 3.94. The average molecular weight is 228 g/mol. The van der Waals surface area contributed by atoms with Crippen molar-refractivity contribution in [2.45, 2.75) is 34.6 Å². The van der Waals surface area contributed by atoms with Gasteiger partial charge in [0.1, 0.15) is 0 Å². The van der Waals surface area contributed by atoms with Crippen molar-refractivity contribution in [2.24, 2.45) is 0 Å². The molecular formula is C17H24. The summed E-state index contributed by atoms with van der Waals surface area (Å²) in [5, 5.41) is 0. The maximum absolute atomic E-state index is 4.11. The lowest BCUT2D eigenvalue weighted by atomic mass is 10.0. The van der Waals surface area contributed by atoms with E-state index in [0.717, 1.165) is 5.57 Å². The molecule has 0 aliphatic heterocycles. The molecule has 0 heterocycles. The van der Waals surface area contributed by atoms with Crippen LogP contribution in [-0.2, 0) is 0 Å². The molecule has 0 saturated carbocycles. The third kappa shape index (κ3) is 5.91. The Morgan fingerprint density at radius 1 is 0.941 bits per heavy atom. The van der Waals surface area contributed by atoms with E-state index < -0.39 is 0 Å². The summed E-state index contributed by atoms with van der Waals surface area (Å²) < 4.78 is 0. The van der Waals surface area contributed by atoms with Crippen LogP contribution in [0.25, 0.3) is 5.57 Å². The van der Waals surface area contributed by atoms with Crippen molar-refractivity contribution >= 4 is 5.57 Å². The van der Waals surface area contributed by atoms with E-state index in [2.05, 4.69) is 51.6 Å². The van der Waals surface area contributed by atoms with Gasteiger partial charge in [0.25, 0.3) is 0 Å². The molecule has 0 atom stereocenters. The van der Waals surface area contributed by atoms with Crippen LogP contribution in [0, 0.1) is 0 Å². The molecule has 0 radical (unpaired) electrons. The maximum Gasteiger partial charge on any atom is -0.0187 e. The third-order valence-electron chi connectivity index (χ3n) is 2.26. The minimum atomic E-state index is 1.09. The summed E-state index contributed by atoms with van der Waals surface area (Å²) in [5.74, 6) is 0. The molecule has 0 amide bonds. The lowest BCUT2D eigenvalue weighted by Gasteiger charge is -2.05. The maximum atomic E-state index is 4.11. The van der Waals surface area contributed by atoms with Crippen LogP contribution in [0.3, 0.4) is 0 Å². The van der Waals surface area contributed by atoms with E-state index in [1.807, 2.05) is 32.0 Å². The summed E-state index contributed by atoms with van der Waals surface area (Å²) in [5.41, 5.74) is 4.79. The van der Waals surface area contributed by atoms with Gasteiger partial charge in [-0.3, -0.25) is 0 Å². The first-order valence-electron chi connectivity index (χ1n) is 6.17. The zero-order chi connectivity index (χ0) is 13.3. The summed E-state index contributed by atoms with van der Waals surface area (Å²) in [6.07, 6.45) is 4.23. The molecule has 1 aromatic carbocycles. The Bertz CT molecular complexity index is 387. The Kier molecular flexibility index (Phi) is 7.79. The molecule has 0 aliphatic rings. The standard InChI is InChI=1S/C15H18.C2H6/c1-12(2)10-11-13(3)14(4)15-8-6-5-7-9-15;1-2/h5-11H,4H2,1-3H3;1-2H3/b13-11+;. The fraction of sp³-hybridized carbons (Fsp3) is 0.294. The highest BCUT2D eigenvalue weighted by molar-refractivity contribution is 5.76. The molecule has 0 N–H and O–H groups in total. The van der Waals surface area contributed by atoms with Crippen molar-refractivity contribution in [2.75, 3.05) is 0 Å². The molecule has 1 aromatic rings. The monoisotopic (exact) mass is 228 g/mol. The van der Waals surface area contributed by atoms with Gasteiger partial charge in [-0.05, 0) is 37.5 Å². The van der Waals surface area contributed by atoms with E-state index >= 15 is 0 Å². The van der Waals surface area contributed by atoms with Crippen LogP contribution in [0.2, 0.25) is 0 Å². The fourth-order valence-corrected chi connectivity index (χ4v) is 1.26. The molecule has 0 heteroatoms. The van der Waals surface area contributed by atoms with Crippen LogP contribution in [0.4, 0.5) is 0 Å². The molecule has 0 aromatic heterocycles. The van der Waals surface area contributed by atoms with Gasteiger partial charge in [0.05, 0.1) is 0 Å². The average Bonchev–Trinajstić information content (AvgIpc) is 2.38. The Balaban J connectivity index is 0.00000121.